The summed E-state index contributed by atoms with van der Waals surface area (Å²) in [5, 5.41) is 9.13. The fourth-order valence-electron chi connectivity index (χ4n) is 2.65. The first kappa shape index (κ1) is 18.7. The highest BCUT2D eigenvalue weighted by Gasteiger charge is 2.07. The van der Waals surface area contributed by atoms with Gasteiger partial charge in [-0.3, -0.25) is 4.79 Å². The molecular formula is C21H25NO3. The van der Waals surface area contributed by atoms with E-state index >= 15 is 0 Å². The average Bonchev–Trinajstić information content (AvgIpc) is 2.61. The molecule has 4 heteroatoms. The summed E-state index contributed by atoms with van der Waals surface area (Å²) >= 11 is 0. The van der Waals surface area contributed by atoms with Crippen molar-refractivity contribution in [2.24, 2.45) is 5.73 Å². The molecule has 0 aliphatic heterocycles. The third-order valence-electron chi connectivity index (χ3n) is 3.97. The number of aryl methyl sites for hydroxylation is 1. The number of carbonyl (C=O) groups is 1. The molecule has 0 fully saturated rings. The Labute approximate surface area is 148 Å². The van der Waals surface area contributed by atoms with Gasteiger partial charge in [0.1, 0.15) is 5.75 Å². The summed E-state index contributed by atoms with van der Waals surface area (Å²) in [5.41, 5.74) is 9.23. The first-order valence-electron chi connectivity index (χ1n) is 8.49. The fourth-order valence-corrected chi connectivity index (χ4v) is 2.65. The number of ether oxygens (including phenoxy) is 1. The molecule has 0 bridgehead atoms. The monoisotopic (exact) mass is 339 g/mol. The lowest BCUT2D eigenvalue weighted by molar-refractivity contribution is -0.113. The fraction of sp³-hybridized carbons (Fsp3) is 0.286. The van der Waals surface area contributed by atoms with E-state index in [0.717, 1.165) is 35.3 Å². The standard InChI is InChI=1S/C21H25NO3/c1-16(14-21(22)24)18-9-10-20(19(15-18)8-5-12-23)25-13-11-17-6-3-2-4-7-17/h2-4,6-7,9-10,14-15,23H,5,8,11-13H2,1H3,(H2,22,24)/b16-14+. The molecule has 4 nitrogen and oxygen atoms in total. The maximum atomic E-state index is 11.1. The maximum Gasteiger partial charge on any atom is 0.241 e. The molecule has 0 heterocycles. The number of carbonyl (C=O) groups excluding carboxylic acids is 1. The predicted octanol–water partition coefficient (Wildman–Crippen LogP) is 3.12. The summed E-state index contributed by atoms with van der Waals surface area (Å²) in [7, 11) is 0. The number of nitrogens with two attached hydrogens (primary N) is 1. The highest BCUT2D eigenvalue weighted by molar-refractivity contribution is 5.93. The van der Waals surface area contributed by atoms with Crippen LogP contribution in [0.4, 0.5) is 0 Å². The van der Waals surface area contributed by atoms with E-state index in [1.165, 1.54) is 11.6 Å². The van der Waals surface area contributed by atoms with Gasteiger partial charge in [-0.25, -0.2) is 0 Å². The zero-order valence-electron chi connectivity index (χ0n) is 14.6. The summed E-state index contributed by atoms with van der Waals surface area (Å²) in [5.74, 6) is 0.359. The molecule has 0 saturated heterocycles. The number of benzene rings is 2. The van der Waals surface area contributed by atoms with Crippen molar-refractivity contribution in [1.82, 2.24) is 0 Å². The molecule has 0 atom stereocenters. The van der Waals surface area contributed by atoms with Crippen molar-refractivity contribution in [2.45, 2.75) is 26.2 Å². The quantitative estimate of drug-likeness (QED) is 0.690. The van der Waals surface area contributed by atoms with Gasteiger partial charge in [0.2, 0.25) is 5.91 Å². The molecule has 1 amide bonds. The number of rotatable bonds is 9. The second-order valence-electron chi connectivity index (χ2n) is 5.96. The molecule has 2 aromatic rings. The Balaban J connectivity index is 2.11. The topological polar surface area (TPSA) is 72.6 Å². The summed E-state index contributed by atoms with van der Waals surface area (Å²) in [4.78, 5) is 11.1. The summed E-state index contributed by atoms with van der Waals surface area (Å²) < 4.78 is 5.96. The van der Waals surface area contributed by atoms with Crippen molar-refractivity contribution in [3.8, 4) is 5.75 Å². The second kappa shape index (κ2) is 9.64. The lowest BCUT2D eigenvalue weighted by Gasteiger charge is -2.13. The minimum absolute atomic E-state index is 0.129. The Hall–Kier alpha value is -2.59. The Morgan fingerprint density at radius 2 is 1.92 bits per heavy atom. The molecule has 2 aromatic carbocycles. The van der Waals surface area contributed by atoms with Crippen LogP contribution in [-0.4, -0.2) is 24.2 Å². The van der Waals surface area contributed by atoms with Gasteiger partial charge in [-0.2, -0.15) is 0 Å². The van der Waals surface area contributed by atoms with Crippen LogP contribution in [0.2, 0.25) is 0 Å². The molecule has 25 heavy (non-hydrogen) atoms. The molecular weight excluding hydrogens is 314 g/mol. The lowest BCUT2D eigenvalue weighted by atomic mass is 10.0. The molecule has 0 unspecified atom stereocenters. The number of hydrogen-bond donors (Lipinski definition) is 2. The van der Waals surface area contributed by atoms with Crippen LogP contribution in [-0.2, 0) is 17.6 Å². The van der Waals surface area contributed by atoms with Gasteiger partial charge in [0.05, 0.1) is 6.61 Å². The third-order valence-corrected chi connectivity index (χ3v) is 3.97. The molecule has 0 aliphatic carbocycles. The second-order valence-corrected chi connectivity index (χ2v) is 5.96. The normalized spacial score (nSPS) is 11.4. The van der Waals surface area contributed by atoms with E-state index in [4.69, 9.17) is 15.6 Å². The smallest absolute Gasteiger partial charge is 0.241 e. The van der Waals surface area contributed by atoms with Crippen LogP contribution >= 0.6 is 0 Å². The predicted molar refractivity (Wildman–Crippen MR) is 100 cm³/mol. The number of hydrogen-bond acceptors (Lipinski definition) is 3. The van der Waals surface area contributed by atoms with Crippen LogP contribution in [0.3, 0.4) is 0 Å². The lowest BCUT2D eigenvalue weighted by Crippen LogP contribution is -2.07. The highest BCUT2D eigenvalue weighted by Crippen LogP contribution is 2.25. The Morgan fingerprint density at radius 1 is 1.16 bits per heavy atom. The summed E-state index contributed by atoms with van der Waals surface area (Å²) in [6.45, 7) is 2.57. The van der Waals surface area contributed by atoms with Crippen molar-refractivity contribution < 1.29 is 14.6 Å². The molecule has 0 saturated carbocycles. The van der Waals surface area contributed by atoms with Gasteiger partial charge in [-0.1, -0.05) is 36.4 Å². The molecule has 0 aromatic heterocycles. The van der Waals surface area contributed by atoms with Crippen LogP contribution in [0, 0.1) is 0 Å². The zero-order chi connectivity index (χ0) is 18.1. The van der Waals surface area contributed by atoms with Gasteiger partial charge < -0.3 is 15.6 Å². The Bertz CT molecular complexity index is 723. The maximum absolute atomic E-state index is 11.1. The van der Waals surface area contributed by atoms with Crippen LogP contribution in [0.25, 0.3) is 5.57 Å². The van der Waals surface area contributed by atoms with Crippen molar-refractivity contribution in [3.05, 3.63) is 71.3 Å². The van der Waals surface area contributed by atoms with Crippen LogP contribution in [0.15, 0.2) is 54.6 Å². The van der Waals surface area contributed by atoms with E-state index in [-0.39, 0.29) is 6.61 Å². The van der Waals surface area contributed by atoms with E-state index in [1.807, 2.05) is 43.3 Å². The summed E-state index contributed by atoms with van der Waals surface area (Å²) in [6.07, 6.45) is 3.63. The Morgan fingerprint density at radius 3 is 2.60 bits per heavy atom. The van der Waals surface area contributed by atoms with Gasteiger partial charge >= 0.3 is 0 Å². The molecule has 3 N–H and O–H groups in total. The van der Waals surface area contributed by atoms with Crippen molar-refractivity contribution in [3.63, 3.8) is 0 Å². The Kier molecular flexibility index (Phi) is 7.23. The van der Waals surface area contributed by atoms with E-state index in [0.29, 0.717) is 13.0 Å². The van der Waals surface area contributed by atoms with Crippen molar-refractivity contribution in [2.75, 3.05) is 13.2 Å². The molecule has 0 aliphatic rings. The third kappa shape index (κ3) is 6.08. The molecule has 0 radical (unpaired) electrons. The van der Waals surface area contributed by atoms with E-state index < -0.39 is 5.91 Å². The highest BCUT2D eigenvalue weighted by atomic mass is 16.5. The zero-order valence-corrected chi connectivity index (χ0v) is 14.6. The largest absolute Gasteiger partial charge is 0.493 e. The van der Waals surface area contributed by atoms with Gasteiger partial charge in [-0.15, -0.1) is 0 Å². The minimum Gasteiger partial charge on any atom is -0.493 e. The molecule has 2 rings (SSSR count). The first-order valence-corrected chi connectivity index (χ1v) is 8.49. The average molecular weight is 339 g/mol. The van der Waals surface area contributed by atoms with Gasteiger partial charge in [0.25, 0.3) is 0 Å². The molecule has 0 spiro atoms. The summed E-state index contributed by atoms with van der Waals surface area (Å²) in [6, 6.07) is 16.0. The number of primary amides is 1. The number of amides is 1. The minimum atomic E-state index is -0.461. The number of aliphatic hydroxyl groups is 1. The van der Waals surface area contributed by atoms with Gasteiger partial charge in [0, 0.05) is 19.1 Å². The van der Waals surface area contributed by atoms with Crippen molar-refractivity contribution in [1.29, 1.82) is 0 Å². The number of allylic oxidation sites excluding steroid dienone is 1. The van der Waals surface area contributed by atoms with Crippen LogP contribution < -0.4 is 10.5 Å². The van der Waals surface area contributed by atoms with Gasteiger partial charge in [0.15, 0.2) is 0 Å². The van der Waals surface area contributed by atoms with E-state index in [9.17, 15) is 4.79 Å². The van der Waals surface area contributed by atoms with E-state index in [1.54, 1.807) is 0 Å². The van der Waals surface area contributed by atoms with Crippen LogP contribution in [0.5, 0.6) is 5.75 Å². The SMILES string of the molecule is C/C(=C\C(N)=O)c1ccc(OCCc2ccccc2)c(CCCO)c1. The van der Waals surface area contributed by atoms with E-state index in [2.05, 4.69) is 12.1 Å². The van der Waals surface area contributed by atoms with Crippen LogP contribution in [0.1, 0.15) is 30.0 Å². The van der Waals surface area contributed by atoms with Crippen molar-refractivity contribution >= 4 is 11.5 Å². The number of aliphatic hydroxyl groups excluding tert-OH is 1. The van der Waals surface area contributed by atoms with Gasteiger partial charge in [-0.05, 0) is 54.2 Å². The molecule has 132 valence electrons. The first-order chi connectivity index (χ1) is 12.1.